The highest BCUT2D eigenvalue weighted by atomic mass is 35.5. The highest BCUT2D eigenvalue weighted by Crippen LogP contribution is 2.15. The van der Waals surface area contributed by atoms with Gasteiger partial charge in [-0.1, -0.05) is 29.8 Å². The van der Waals surface area contributed by atoms with Crippen molar-refractivity contribution in [2.75, 3.05) is 5.32 Å². The van der Waals surface area contributed by atoms with Crippen molar-refractivity contribution in [2.24, 2.45) is 0 Å². The number of hydrogen-bond donors (Lipinski definition) is 2. The Labute approximate surface area is 130 Å². The van der Waals surface area contributed by atoms with Crippen molar-refractivity contribution < 1.29 is 18.4 Å². The van der Waals surface area contributed by atoms with Crippen LogP contribution in [0.3, 0.4) is 0 Å². The first-order valence-corrected chi connectivity index (χ1v) is 6.63. The summed E-state index contributed by atoms with van der Waals surface area (Å²) >= 11 is 5.92. The van der Waals surface area contributed by atoms with Gasteiger partial charge >= 0.3 is 11.8 Å². The Hall–Kier alpha value is -2.47. The number of hydrogen-bond acceptors (Lipinski definition) is 2. The third-order valence-electron chi connectivity index (χ3n) is 2.78. The molecule has 22 heavy (non-hydrogen) atoms. The second-order valence-electron chi connectivity index (χ2n) is 4.36. The maximum Gasteiger partial charge on any atom is 0.313 e. The third-order valence-corrected chi connectivity index (χ3v) is 3.15. The van der Waals surface area contributed by atoms with Gasteiger partial charge < -0.3 is 10.6 Å². The minimum Gasteiger partial charge on any atom is -0.344 e. The summed E-state index contributed by atoms with van der Waals surface area (Å²) in [6, 6.07) is 9.64. The zero-order valence-corrected chi connectivity index (χ0v) is 12.0. The van der Waals surface area contributed by atoms with E-state index in [1.54, 1.807) is 24.3 Å². The summed E-state index contributed by atoms with van der Waals surface area (Å²) in [5, 5.41) is 5.01. The normalized spacial score (nSPS) is 10.1. The lowest BCUT2D eigenvalue weighted by atomic mass is 10.2. The van der Waals surface area contributed by atoms with Crippen LogP contribution in [0, 0.1) is 11.6 Å². The van der Waals surface area contributed by atoms with E-state index in [1.165, 1.54) is 0 Å². The van der Waals surface area contributed by atoms with Crippen LogP contribution in [0.25, 0.3) is 0 Å². The van der Waals surface area contributed by atoms with Crippen molar-refractivity contribution >= 4 is 29.1 Å². The van der Waals surface area contributed by atoms with Gasteiger partial charge in [-0.05, 0) is 23.8 Å². The molecule has 2 aromatic rings. The van der Waals surface area contributed by atoms with Gasteiger partial charge in [-0.3, -0.25) is 9.59 Å². The Bertz CT molecular complexity index is 722. The number of carbonyl (C=O) groups is 2. The first-order valence-electron chi connectivity index (χ1n) is 6.25. The molecule has 0 saturated heterocycles. The number of anilines is 1. The average molecular weight is 325 g/mol. The van der Waals surface area contributed by atoms with Gasteiger partial charge in [0.2, 0.25) is 0 Å². The Balaban J connectivity index is 1.93. The van der Waals surface area contributed by atoms with Gasteiger partial charge in [0, 0.05) is 23.3 Å². The lowest BCUT2D eigenvalue weighted by Crippen LogP contribution is -2.35. The van der Waals surface area contributed by atoms with Crippen molar-refractivity contribution in [1.82, 2.24) is 5.32 Å². The number of benzene rings is 2. The molecule has 0 fully saturated rings. The van der Waals surface area contributed by atoms with E-state index in [2.05, 4.69) is 10.6 Å². The molecule has 0 unspecified atom stereocenters. The Morgan fingerprint density at radius 1 is 1.00 bits per heavy atom. The van der Waals surface area contributed by atoms with E-state index in [1.807, 2.05) is 0 Å². The molecule has 2 rings (SSSR count). The van der Waals surface area contributed by atoms with Crippen molar-refractivity contribution in [3.63, 3.8) is 0 Å². The van der Waals surface area contributed by atoms with Crippen molar-refractivity contribution in [2.45, 2.75) is 6.54 Å². The number of carbonyl (C=O) groups excluding carboxylic acids is 2. The second kappa shape index (κ2) is 7.00. The maximum absolute atomic E-state index is 13.0. The number of amides is 2. The van der Waals surface area contributed by atoms with Crippen LogP contribution in [0.4, 0.5) is 14.5 Å². The van der Waals surface area contributed by atoms with Crippen LogP contribution in [0.5, 0.6) is 0 Å². The molecule has 0 aliphatic carbocycles. The van der Waals surface area contributed by atoms with Crippen LogP contribution in [0.2, 0.25) is 5.02 Å². The van der Waals surface area contributed by atoms with E-state index in [4.69, 9.17) is 11.6 Å². The molecule has 0 atom stereocenters. The van der Waals surface area contributed by atoms with Gasteiger partial charge in [-0.2, -0.15) is 0 Å². The van der Waals surface area contributed by atoms with E-state index in [0.29, 0.717) is 10.6 Å². The van der Waals surface area contributed by atoms with Gasteiger partial charge in [0.15, 0.2) is 11.6 Å². The predicted octanol–water partition coefficient (Wildman–Crippen LogP) is 2.87. The zero-order chi connectivity index (χ0) is 16.1. The third kappa shape index (κ3) is 4.02. The van der Waals surface area contributed by atoms with Crippen LogP contribution < -0.4 is 10.6 Å². The topological polar surface area (TPSA) is 58.2 Å². The van der Waals surface area contributed by atoms with Gasteiger partial charge in [0.1, 0.15) is 0 Å². The summed E-state index contributed by atoms with van der Waals surface area (Å²) < 4.78 is 25.8. The zero-order valence-electron chi connectivity index (χ0n) is 11.2. The van der Waals surface area contributed by atoms with E-state index >= 15 is 0 Å². The van der Waals surface area contributed by atoms with Crippen molar-refractivity contribution in [3.05, 3.63) is 64.7 Å². The predicted molar refractivity (Wildman–Crippen MR) is 78.3 cm³/mol. The molecule has 2 N–H and O–H groups in total. The summed E-state index contributed by atoms with van der Waals surface area (Å²) in [5.74, 6) is -4.06. The molecule has 0 aliphatic rings. The summed E-state index contributed by atoms with van der Waals surface area (Å²) in [5.41, 5.74) is 0.634. The molecule has 0 aromatic heterocycles. The molecule has 0 bridgehead atoms. The maximum atomic E-state index is 13.0. The standard InChI is InChI=1S/C15H11ClF2N2O2/c16-11-4-2-1-3-9(11)8-19-14(21)15(22)20-10-5-6-12(17)13(18)7-10/h1-7H,8H2,(H,19,21)(H,20,22). The average Bonchev–Trinajstić information content (AvgIpc) is 2.50. The van der Waals surface area contributed by atoms with Crippen LogP contribution in [0.15, 0.2) is 42.5 Å². The Morgan fingerprint density at radius 3 is 2.41 bits per heavy atom. The molecule has 114 valence electrons. The SMILES string of the molecule is O=C(NCc1ccccc1Cl)C(=O)Nc1ccc(F)c(F)c1. The van der Waals surface area contributed by atoms with Gasteiger partial charge in [-0.15, -0.1) is 0 Å². The van der Waals surface area contributed by atoms with E-state index < -0.39 is 23.4 Å². The molecule has 0 heterocycles. The summed E-state index contributed by atoms with van der Waals surface area (Å²) in [7, 11) is 0. The highest BCUT2D eigenvalue weighted by molar-refractivity contribution is 6.39. The Morgan fingerprint density at radius 2 is 1.73 bits per heavy atom. The van der Waals surface area contributed by atoms with Crippen molar-refractivity contribution in [1.29, 1.82) is 0 Å². The number of rotatable bonds is 3. The minimum atomic E-state index is -1.12. The van der Waals surface area contributed by atoms with Gasteiger partial charge in [0.25, 0.3) is 0 Å². The first kappa shape index (κ1) is 15.9. The molecule has 2 aromatic carbocycles. The van der Waals surface area contributed by atoms with Crippen LogP contribution in [0.1, 0.15) is 5.56 Å². The smallest absolute Gasteiger partial charge is 0.313 e. The van der Waals surface area contributed by atoms with Crippen molar-refractivity contribution in [3.8, 4) is 0 Å². The molecular formula is C15H11ClF2N2O2. The second-order valence-corrected chi connectivity index (χ2v) is 4.76. The molecular weight excluding hydrogens is 314 g/mol. The molecule has 4 nitrogen and oxygen atoms in total. The largest absolute Gasteiger partial charge is 0.344 e. The van der Waals surface area contributed by atoms with E-state index in [0.717, 1.165) is 18.2 Å². The number of nitrogens with one attached hydrogen (secondary N) is 2. The molecule has 2 amide bonds. The van der Waals surface area contributed by atoms with E-state index in [-0.39, 0.29) is 12.2 Å². The summed E-state index contributed by atoms with van der Waals surface area (Å²) in [6.07, 6.45) is 0. The van der Waals surface area contributed by atoms with E-state index in [9.17, 15) is 18.4 Å². The monoisotopic (exact) mass is 324 g/mol. The fourth-order valence-corrected chi connectivity index (χ4v) is 1.86. The molecule has 7 heteroatoms. The lowest BCUT2D eigenvalue weighted by Gasteiger charge is -2.08. The lowest BCUT2D eigenvalue weighted by molar-refractivity contribution is -0.136. The quantitative estimate of drug-likeness (QED) is 0.853. The first-order chi connectivity index (χ1) is 10.5. The molecule has 0 saturated carbocycles. The fourth-order valence-electron chi connectivity index (χ4n) is 1.66. The van der Waals surface area contributed by atoms with Crippen LogP contribution in [-0.2, 0) is 16.1 Å². The molecule has 0 spiro atoms. The summed E-state index contributed by atoms with van der Waals surface area (Å²) in [4.78, 5) is 23.3. The van der Waals surface area contributed by atoms with Crippen LogP contribution >= 0.6 is 11.6 Å². The molecule has 0 radical (unpaired) electrons. The Kier molecular flexibility index (Phi) is 5.06. The van der Waals surface area contributed by atoms with Gasteiger partial charge in [-0.25, -0.2) is 8.78 Å². The summed E-state index contributed by atoms with van der Waals surface area (Å²) in [6.45, 7) is 0.0731. The van der Waals surface area contributed by atoms with Crippen LogP contribution in [-0.4, -0.2) is 11.8 Å². The highest BCUT2D eigenvalue weighted by Gasteiger charge is 2.14. The minimum absolute atomic E-state index is 0.0169. The fraction of sp³-hybridized carbons (Fsp3) is 0.0667. The van der Waals surface area contributed by atoms with Gasteiger partial charge in [0.05, 0.1) is 0 Å². The molecule has 0 aliphatic heterocycles. The number of halogens is 3.